The number of H-pyrrole nitrogens is 1. The number of hydrogen-bond acceptors (Lipinski definition) is 4. The monoisotopic (exact) mass is 496 g/mol. The summed E-state index contributed by atoms with van der Waals surface area (Å²) in [6.07, 6.45) is 4.75. The normalized spacial score (nSPS) is 22.5. The molecule has 2 aliphatic heterocycles. The van der Waals surface area contributed by atoms with E-state index in [1.807, 2.05) is 24.2 Å². The van der Waals surface area contributed by atoms with Crippen molar-refractivity contribution in [1.29, 1.82) is 0 Å². The third kappa shape index (κ3) is 2.99. The standard InChI is InChI=1S/C26H23F3N4O3/c1-13-7-14(27)8-19-22(13)36-20-11-31(3)6-5-15(20)17-10-32(4)24(35)21-16(17)9-18(30-21)23(34)33(19)25(2)12-26(25,28)29/h5-10,30H,11-12H2,1-4H3. The van der Waals surface area contributed by atoms with Crippen molar-refractivity contribution >= 4 is 28.1 Å². The van der Waals surface area contributed by atoms with Crippen LogP contribution in [0.3, 0.4) is 0 Å². The van der Waals surface area contributed by atoms with Gasteiger partial charge in [0.15, 0.2) is 5.75 Å². The van der Waals surface area contributed by atoms with Crippen molar-refractivity contribution in [2.24, 2.45) is 7.05 Å². The number of aromatic nitrogens is 2. The number of anilines is 1. The zero-order chi connectivity index (χ0) is 25.7. The average Bonchev–Trinajstić information content (AvgIpc) is 3.11. The van der Waals surface area contributed by atoms with E-state index in [-0.39, 0.29) is 28.2 Å². The molecule has 6 rings (SSSR count). The molecule has 186 valence electrons. The molecule has 1 saturated carbocycles. The molecular weight excluding hydrogens is 473 g/mol. The number of carbonyl (C=O) groups is 1. The molecule has 4 heterocycles. The third-order valence-electron chi connectivity index (χ3n) is 7.29. The van der Waals surface area contributed by atoms with Crippen LogP contribution in [0.2, 0.25) is 0 Å². The van der Waals surface area contributed by atoms with Crippen LogP contribution in [0.1, 0.15) is 35.0 Å². The molecule has 1 atom stereocenters. The molecule has 0 radical (unpaired) electrons. The van der Waals surface area contributed by atoms with Gasteiger partial charge in [-0.05, 0) is 43.8 Å². The van der Waals surface area contributed by atoms with Crippen molar-refractivity contribution in [2.45, 2.75) is 31.7 Å². The summed E-state index contributed by atoms with van der Waals surface area (Å²) in [7, 11) is 3.44. The molecule has 3 aliphatic rings. The smallest absolute Gasteiger partial charge is 0.275 e. The molecular formula is C26H23F3N4O3. The van der Waals surface area contributed by atoms with Gasteiger partial charge in [-0.3, -0.25) is 14.5 Å². The van der Waals surface area contributed by atoms with Crippen molar-refractivity contribution in [3.63, 3.8) is 0 Å². The van der Waals surface area contributed by atoms with E-state index in [1.165, 1.54) is 23.6 Å². The van der Waals surface area contributed by atoms with Gasteiger partial charge < -0.3 is 19.2 Å². The molecule has 0 spiro atoms. The van der Waals surface area contributed by atoms with Crippen molar-refractivity contribution in [3.05, 3.63) is 75.4 Å². The van der Waals surface area contributed by atoms with Crippen LogP contribution in [0.4, 0.5) is 18.9 Å². The second kappa shape index (κ2) is 7.05. The van der Waals surface area contributed by atoms with Crippen LogP contribution in [0, 0.1) is 12.7 Å². The van der Waals surface area contributed by atoms with Crippen LogP contribution >= 0.6 is 0 Å². The molecule has 7 nitrogen and oxygen atoms in total. The maximum atomic E-state index is 14.7. The van der Waals surface area contributed by atoms with E-state index in [1.54, 1.807) is 20.2 Å². The molecule has 0 saturated heterocycles. The second-order valence-electron chi connectivity index (χ2n) is 9.97. The van der Waals surface area contributed by atoms with Crippen molar-refractivity contribution in [1.82, 2.24) is 14.5 Å². The Morgan fingerprint density at radius 3 is 2.56 bits per heavy atom. The number of rotatable bonds is 1. The highest BCUT2D eigenvalue weighted by Crippen LogP contribution is 2.59. The number of hydrogen-bond donors (Lipinski definition) is 1. The summed E-state index contributed by atoms with van der Waals surface area (Å²) in [5.41, 5.74) is -0.586. The molecule has 3 aromatic rings. The summed E-state index contributed by atoms with van der Waals surface area (Å²) in [6.45, 7) is 3.20. The maximum absolute atomic E-state index is 14.7. The summed E-state index contributed by atoms with van der Waals surface area (Å²) >= 11 is 0. The van der Waals surface area contributed by atoms with Gasteiger partial charge in [0.25, 0.3) is 17.4 Å². The largest absolute Gasteiger partial charge is 0.457 e. The van der Waals surface area contributed by atoms with Gasteiger partial charge in [-0.15, -0.1) is 0 Å². The fourth-order valence-electron chi connectivity index (χ4n) is 5.13. The lowest BCUT2D eigenvalue weighted by atomic mass is 10.0. The molecule has 10 heteroatoms. The molecule has 1 aliphatic carbocycles. The molecule has 1 amide bonds. The molecule has 1 unspecified atom stereocenters. The zero-order valence-corrected chi connectivity index (χ0v) is 20.1. The van der Waals surface area contributed by atoms with Crippen LogP contribution < -0.4 is 15.2 Å². The Labute approximate surface area is 204 Å². The summed E-state index contributed by atoms with van der Waals surface area (Å²) in [4.78, 5) is 32.5. The number of aryl methyl sites for hydroxylation is 2. The number of alkyl halides is 2. The fourth-order valence-corrected chi connectivity index (χ4v) is 5.13. The quantitative estimate of drug-likeness (QED) is 0.545. The highest BCUT2D eigenvalue weighted by Gasteiger charge is 2.73. The average molecular weight is 496 g/mol. The van der Waals surface area contributed by atoms with Crippen molar-refractivity contribution in [2.75, 3.05) is 18.5 Å². The molecule has 1 fully saturated rings. The van der Waals surface area contributed by atoms with Crippen LogP contribution in [0.15, 0.2) is 47.2 Å². The molecule has 1 aromatic carbocycles. The van der Waals surface area contributed by atoms with Gasteiger partial charge in [-0.2, -0.15) is 0 Å². The number of allylic oxidation sites excluding steroid dienone is 2. The first-order valence-corrected chi connectivity index (χ1v) is 11.5. The van der Waals surface area contributed by atoms with E-state index in [4.69, 9.17) is 4.74 Å². The van der Waals surface area contributed by atoms with Crippen LogP contribution in [0.5, 0.6) is 5.75 Å². The lowest BCUT2D eigenvalue weighted by Gasteiger charge is -2.32. The minimum atomic E-state index is -3.19. The summed E-state index contributed by atoms with van der Waals surface area (Å²) in [5.74, 6) is -4.08. The Morgan fingerprint density at radius 1 is 1.14 bits per heavy atom. The Kier molecular flexibility index (Phi) is 4.41. The number of likely N-dealkylation sites (N-methyl/N-ethyl adjacent to an activating group) is 1. The minimum absolute atomic E-state index is 0.0488. The Bertz CT molecular complexity index is 1620. The lowest BCUT2D eigenvalue weighted by molar-refractivity contribution is 0.0792. The minimum Gasteiger partial charge on any atom is -0.457 e. The first-order valence-electron chi connectivity index (χ1n) is 11.5. The number of nitrogens with one attached hydrogen (secondary N) is 1. The second-order valence-corrected chi connectivity index (χ2v) is 9.97. The number of benzene rings is 1. The van der Waals surface area contributed by atoms with Crippen LogP contribution in [0.25, 0.3) is 16.5 Å². The summed E-state index contributed by atoms with van der Waals surface area (Å²) < 4.78 is 52.0. The number of carbonyl (C=O) groups excluding carboxylic acids is 1. The van der Waals surface area contributed by atoms with E-state index in [2.05, 4.69) is 4.98 Å². The number of pyridine rings is 1. The molecule has 2 aromatic heterocycles. The first kappa shape index (κ1) is 22.5. The van der Waals surface area contributed by atoms with Crippen molar-refractivity contribution in [3.8, 4) is 5.75 Å². The highest BCUT2D eigenvalue weighted by molar-refractivity contribution is 6.11. The lowest BCUT2D eigenvalue weighted by Crippen LogP contribution is -2.45. The predicted octanol–water partition coefficient (Wildman–Crippen LogP) is 4.32. The predicted molar refractivity (Wildman–Crippen MR) is 129 cm³/mol. The number of ether oxygens (including phenoxy) is 1. The zero-order valence-electron chi connectivity index (χ0n) is 20.1. The van der Waals surface area contributed by atoms with E-state index in [0.29, 0.717) is 34.4 Å². The SMILES string of the molecule is Cc1cc(F)cc2c1OC1=C(C=CN(C)C1)c1cn(C)c(=O)c3[nH]c(cc13)C(=O)N2C1(C)CC1(F)F. The molecule has 2 bridgehead atoms. The van der Waals surface area contributed by atoms with Gasteiger partial charge >= 0.3 is 0 Å². The van der Waals surface area contributed by atoms with Crippen LogP contribution in [-0.2, 0) is 7.05 Å². The Balaban J connectivity index is 1.74. The summed E-state index contributed by atoms with van der Waals surface area (Å²) in [6, 6.07) is 3.79. The van der Waals surface area contributed by atoms with Crippen LogP contribution in [-0.4, -0.2) is 45.4 Å². The molecule has 1 N–H and O–H groups in total. The van der Waals surface area contributed by atoms with E-state index < -0.39 is 29.6 Å². The van der Waals surface area contributed by atoms with Crippen molar-refractivity contribution < 1.29 is 22.7 Å². The number of nitrogens with zero attached hydrogens (tertiary/aromatic N) is 3. The van der Waals surface area contributed by atoms with E-state index in [9.17, 15) is 22.8 Å². The topological polar surface area (TPSA) is 70.6 Å². The summed E-state index contributed by atoms with van der Waals surface area (Å²) in [5, 5.41) is 0.466. The number of halogens is 3. The number of amides is 1. The number of fused-ring (bicyclic) bond motifs is 3. The fraction of sp³-hybridized carbons (Fsp3) is 0.308. The Morgan fingerprint density at radius 2 is 1.86 bits per heavy atom. The highest BCUT2D eigenvalue weighted by atomic mass is 19.3. The third-order valence-corrected chi connectivity index (χ3v) is 7.29. The van der Waals surface area contributed by atoms with Gasteiger partial charge in [-0.25, -0.2) is 13.2 Å². The Hall–Kier alpha value is -3.95. The van der Waals surface area contributed by atoms with E-state index in [0.717, 1.165) is 11.0 Å². The van der Waals surface area contributed by atoms with Gasteiger partial charge in [0.1, 0.15) is 28.3 Å². The van der Waals surface area contributed by atoms with Gasteiger partial charge in [0.05, 0.1) is 12.2 Å². The maximum Gasteiger partial charge on any atom is 0.275 e. The first-order chi connectivity index (χ1) is 16.9. The van der Waals surface area contributed by atoms with Gasteiger partial charge in [-0.1, -0.05) is 0 Å². The number of aromatic amines is 1. The van der Waals surface area contributed by atoms with Gasteiger partial charge in [0.2, 0.25) is 0 Å². The molecule has 36 heavy (non-hydrogen) atoms. The van der Waals surface area contributed by atoms with Gasteiger partial charge in [0, 0.05) is 49.3 Å². The van der Waals surface area contributed by atoms with E-state index >= 15 is 0 Å².